The number of nitrogens with one attached hydrogen (secondary N) is 1. The van der Waals surface area contributed by atoms with Crippen molar-refractivity contribution in [3.8, 4) is 11.5 Å². The first-order valence-corrected chi connectivity index (χ1v) is 9.53. The Morgan fingerprint density at radius 1 is 1.04 bits per heavy atom. The van der Waals surface area contributed by atoms with E-state index in [4.69, 9.17) is 14.5 Å². The van der Waals surface area contributed by atoms with E-state index in [1.165, 1.54) is 49.0 Å². The van der Waals surface area contributed by atoms with Crippen LogP contribution in [0.2, 0.25) is 0 Å². The second-order valence-corrected chi connectivity index (χ2v) is 7.60. The normalized spacial score (nSPS) is 22.7. The van der Waals surface area contributed by atoms with Crippen LogP contribution in [0.1, 0.15) is 50.3 Å². The first-order chi connectivity index (χ1) is 12.2. The van der Waals surface area contributed by atoms with E-state index in [1.807, 2.05) is 6.07 Å². The first-order valence-electron chi connectivity index (χ1n) is 9.53. The number of benzene rings is 1. The molecule has 1 fully saturated rings. The van der Waals surface area contributed by atoms with Crippen LogP contribution < -0.4 is 14.8 Å². The van der Waals surface area contributed by atoms with Crippen molar-refractivity contribution in [2.45, 2.75) is 57.9 Å². The molecule has 1 aromatic heterocycles. The Bertz CT molecular complexity index is 787. The number of rotatable bonds is 4. The molecule has 2 aromatic rings. The molecule has 0 radical (unpaired) electrons. The topological polar surface area (TPSA) is 43.4 Å². The number of methoxy groups -OCH3 is 2. The highest BCUT2D eigenvalue weighted by Gasteiger charge is 2.25. The van der Waals surface area contributed by atoms with E-state index in [0.29, 0.717) is 6.04 Å². The van der Waals surface area contributed by atoms with Gasteiger partial charge in [-0.15, -0.1) is 0 Å². The summed E-state index contributed by atoms with van der Waals surface area (Å²) in [5.74, 6) is 2.33. The van der Waals surface area contributed by atoms with Gasteiger partial charge in [-0.05, 0) is 49.7 Å². The lowest BCUT2D eigenvalue weighted by Gasteiger charge is -2.29. The van der Waals surface area contributed by atoms with Crippen LogP contribution >= 0.6 is 0 Å². The van der Waals surface area contributed by atoms with E-state index in [1.54, 1.807) is 14.2 Å². The van der Waals surface area contributed by atoms with Crippen molar-refractivity contribution in [2.24, 2.45) is 5.92 Å². The van der Waals surface area contributed by atoms with E-state index in [-0.39, 0.29) is 0 Å². The molecular weight excluding hydrogens is 312 g/mol. The third-order valence-electron chi connectivity index (χ3n) is 5.80. The number of pyridine rings is 1. The summed E-state index contributed by atoms with van der Waals surface area (Å²) in [6.45, 7) is 2.37. The zero-order valence-corrected chi connectivity index (χ0v) is 15.5. The van der Waals surface area contributed by atoms with Gasteiger partial charge < -0.3 is 14.8 Å². The second kappa shape index (κ2) is 6.74. The zero-order valence-electron chi connectivity index (χ0n) is 15.5. The number of nitrogens with zero attached hydrogens (tertiary/aromatic N) is 1. The Kier molecular flexibility index (Phi) is 4.45. The zero-order chi connectivity index (χ0) is 17.4. The summed E-state index contributed by atoms with van der Waals surface area (Å²) in [5, 5.41) is 5.07. The molecule has 134 valence electrons. The van der Waals surface area contributed by atoms with Gasteiger partial charge in [-0.2, -0.15) is 0 Å². The number of hydrogen-bond donors (Lipinski definition) is 1. The predicted octanol–water partition coefficient (Wildman–Crippen LogP) is 4.73. The van der Waals surface area contributed by atoms with Crippen molar-refractivity contribution >= 4 is 16.6 Å². The van der Waals surface area contributed by atoms with E-state index >= 15 is 0 Å². The molecule has 2 atom stereocenters. The third-order valence-corrected chi connectivity index (χ3v) is 5.80. The van der Waals surface area contributed by atoms with Gasteiger partial charge in [0.2, 0.25) is 0 Å². The summed E-state index contributed by atoms with van der Waals surface area (Å²) in [6.07, 6.45) is 8.59. The summed E-state index contributed by atoms with van der Waals surface area (Å²) in [7, 11) is 3.38. The highest BCUT2D eigenvalue weighted by atomic mass is 16.5. The minimum Gasteiger partial charge on any atom is -0.493 e. The van der Waals surface area contributed by atoms with Crippen molar-refractivity contribution < 1.29 is 9.47 Å². The molecule has 0 bridgehead atoms. The molecule has 0 saturated heterocycles. The van der Waals surface area contributed by atoms with E-state index in [9.17, 15) is 0 Å². The van der Waals surface area contributed by atoms with Crippen molar-refractivity contribution in [3.63, 3.8) is 0 Å². The summed E-state index contributed by atoms with van der Waals surface area (Å²) in [6, 6.07) is 4.67. The maximum atomic E-state index is 5.55. The van der Waals surface area contributed by atoms with E-state index < -0.39 is 0 Å². The van der Waals surface area contributed by atoms with Gasteiger partial charge in [-0.25, -0.2) is 0 Å². The number of ether oxygens (including phenoxy) is 2. The van der Waals surface area contributed by atoms with Crippen molar-refractivity contribution in [2.75, 3.05) is 19.5 Å². The molecule has 0 aliphatic heterocycles. The molecule has 4 heteroatoms. The number of aromatic nitrogens is 1. The SMILES string of the molecule is COc1cc2nc3c(c(N[C@H]4CCC[C@@H](C)C4)c2cc1OC)CCC3. The Hall–Kier alpha value is -1.97. The van der Waals surface area contributed by atoms with Gasteiger partial charge in [0.25, 0.3) is 0 Å². The quantitative estimate of drug-likeness (QED) is 0.874. The number of aryl methyl sites for hydroxylation is 1. The highest BCUT2D eigenvalue weighted by Crippen LogP contribution is 2.40. The lowest BCUT2D eigenvalue weighted by Crippen LogP contribution is -2.27. The van der Waals surface area contributed by atoms with Gasteiger partial charge >= 0.3 is 0 Å². The minimum atomic E-state index is 0.562. The van der Waals surface area contributed by atoms with Crippen LogP contribution in [-0.2, 0) is 12.8 Å². The fourth-order valence-electron chi connectivity index (χ4n) is 4.52. The van der Waals surface area contributed by atoms with Crippen molar-refractivity contribution in [1.29, 1.82) is 0 Å². The summed E-state index contributed by atoms with van der Waals surface area (Å²) in [4.78, 5) is 4.93. The van der Waals surface area contributed by atoms with E-state index in [2.05, 4.69) is 18.3 Å². The van der Waals surface area contributed by atoms with Gasteiger partial charge in [-0.3, -0.25) is 4.98 Å². The highest BCUT2D eigenvalue weighted by molar-refractivity contribution is 5.96. The van der Waals surface area contributed by atoms with Gasteiger partial charge in [0.05, 0.1) is 19.7 Å². The number of hydrogen-bond acceptors (Lipinski definition) is 4. The predicted molar refractivity (Wildman–Crippen MR) is 102 cm³/mol. The van der Waals surface area contributed by atoms with Gasteiger partial charge in [0, 0.05) is 28.9 Å². The fraction of sp³-hybridized carbons (Fsp3) is 0.571. The molecule has 4 nitrogen and oxygen atoms in total. The maximum absolute atomic E-state index is 5.55. The Balaban J connectivity index is 1.82. The molecule has 1 N–H and O–H groups in total. The molecule has 0 amide bonds. The van der Waals surface area contributed by atoms with Crippen LogP contribution in [0.4, 0.5) is 5.69 Å². The van der Waals surface area contributed by atoms with Crippen molar-refractivity contribution in [1.82, 2.24) is 4.98 Å². The van der Waals surface area contributed by atoms with Crippen molar-refractivity contribution in [3.05, 3.63) is 23.4 Å². The van der Waals surface area contributed by atoms with Gasteiger partial charge in [-0.1, -0.05) is 19.8 Å². The number of anilines is 1. The largest absolute Gasteiger partial charge is 0.493 e. The molecule has 1 saturated carbocycles. The van der Waals surface area contributed by atoms with Crippen LogP contribution in [0.15, 0.2) is 12.1 Å². The second-order valence-electron chi connectivity index (χ2n) is 7.60. The lowest BCUT2D eigenvalue weighted by molar-refractivity contribution is 0.355. The average molecular weight is 340 g/mol. The molecule has 4 rings (SSSR count). The molecule has 1 heterocycles. The Morgan fingerprint density at radius 3 is 2.60 bits per heavy atom. The van der Waals surface area contributed by atoms with Gasteiger partial charge in [0.1, 0.15) is 0 Å². The lowest BCUT2D eigenvalue weighted by atomic mass is 9.86. The molecule has 2 aliphatic rings. The maximum Gasteiger partial charge on any atom is 0.162 e. The summed E-state index contributed by atoms with van der Waals surface area (Å²) in [5.41, 5.74) is 4.96. The third kappa shape index (κ3) is 3.03. The minimum absolute atomic E-state index is 0.562. The van der Waals surface area contributed by atoms with Crippen LogP contribution in [0, 0.1) is 5.92 Å². The Morgan fingerprint density at radius 2 is 1.84 bits per heavy atom. The first kappa shape index (κ1) is 16.5. The molecule has 25 heavy (non-hydrogen) atoms. The molecule has 2 aliphatic carbocycles. The standard InChI is InChI=1S/C21H28N2O2/c1-13-6-4-7-14(10-13)22-21-15-8-5-9-17(15)23-18-12-20(25-3)19(24-2)11-16(18)21/h11-14H,4-10H2,1-3H3,(H,22,23)/t13-,14+/m1/s1. The molecule has 1 aromatic carbocycles. The van der Waals surface area contributed by atoms with Crippen LogP contribution in [0.3, 0.4) is 0 Å². The molecule has 0 spiro atoms. The molecular formula is C21H28N2O2. The van der Waals surface area contributed by atoms with Gasteiger partial charge in [0.15, 0.2) is 11.5 Å². The van der Waals surface area contributed by atoms with Crippen LogP contribution in [-0.4, -0.2) is 25.2 Å². The van der Waals surface area contributed by atoms with Crippen LogP contribution in [0.5, 0.6) is 11.5 Å². The average Bonchev–Trinajstić information content (AvgIpc) is 3.08. The smallest absolute Gasteiger partial charge is 0.162 e. The monoisotopic (exact) mass is 340 g/mol. The number of fused-ring (bicyclic) bond motifs is 2. The van der Waals surface area contributed by atoms with Crippen LogP contribution in [0.25, 0.3) is 10.9 Å². The molecule has 0 unspecified atom stereocenters. The van der Waals surface area contributed by atoms with E-state index in [0.717, 1.165) is 41.2 Å². The Labute approximate surface area is 149 Å². The summed E-state index contributed by atoms with van der Waals surface area (Å²) >= 11 is 0. The summed E-state index contributed by atoms with van der Waals surface area (Å²) < 4.78 is 11.0. The fourth-order valence-corrected chi connectivity index (χ4v) is 4.52.